The molecule has 0 aromatic heterocycles. The molecule has 10 nitrogen and oxygen atoms in total. The number of Topliss-reactive ketones (excluding diaryl/α,β-unsaturated/α-hetero) is 1. The number of alkyl halides is 3. The molecule has 0 radical (unpaired) electrons. The Bertz CT molecular complexity index is 788. The Morgan fingerprint density at radius 3 is 2.31 bits per heavy atom. The number of ketones is 1. The summed E-state index contributed by atoms with van der Waals surface area (Å²) in [6, 6.07) is -2.59. The van der Waals surface area contributed by atoms with Gasteiger partial charge < -0.3 is 21.1 Å². The van der Waals surface area contributed by atoms with Crippen LogP contribution in [0.25, 0.3) is 0 Å². The lowest BCUT2D eigenvalue weighted by molar-refractivity contribution is -0.321. The lowest BCUT2D eigenvalue weighted by atomic mass is 9.89. The van der Waals surface area contributed by atoms with E-state index in [0.29, 0.717) is 19.4 Å². The lowest BCUT2D eigenvalue weighted by Gasteiger charge is -2.32. The first kappa shape index (κ1) is 29.0. The summed E-state index contributed by atoms with van der Waals surface area (Å²) >= 11 is 0. The molecule has 1 heterocycles. The highest BCUT2D eigenvalue weighted by Crippen LogP contribution is 2.34. The van der Waals surface area contributed by atoms with Gasteiger partial charge in [0, 0.05) is 11.5 Å². The van der Waals surface area contributed by atoms with Gasteiger partial charge in [0.15, 0.2) is 5.78 Å². The van der Waals surface area contributed by atoms with Gasteiger partial charge in [-0.05, 0) is 57.9 Å². The molecule has 200 valence electrons. The molecular formula is C22H35F3N4O6. The van der Waals surface area contributed by atoms with Crippen molar-refractivity contribution < 1.29 is 42.2 Å². The molecule has 1 saturated heterocycles. The summed E-state index contributed by atoms with van der Waals surface area (Å²) in [4.78, 5) is 50.1. The molecule has 35 heavy (non-hydrogen) atoms. The minimum absolute atomic E-state index is 0.0952. The summed E-state index contributed by atoms with van der Waals surface area (Å²) in [5.74, 6) is -4.35. The zero-order valence-corrected chi connectivity index (χ0v) is 20.2. The van der Waals surface area contributed by atoms with E-state index in [1.54, 1.807) is 20.8 Å². The molecule has 2 fully saturated rings. The smallest absolute Gasteiger partial charge is 0.378 e. The summed E-state index contributed by atoms with van der Waals surface area (Å²) in [6.45, 7) is 4.57. The molecule has 1 unspecified atom stereocenters. The quantitative estimate of drug-likeness (QED) is 0.255. The van der Waals surface area contributed by atoms with Gasteiger partial charge >= 0.3 is 18.2 Å². The fourth-order valence-electron chi connectivity index (χ4n) is 3.86. The summed E-state index contributed by atoms with van der Waals surface area (Å²) in [5, 5.41) is 20.3. The average molecular weight is 509 g/mol. The minimum atomic E-state index is -5.03. The van der Waals surface area contributed by atoms with Gasteiger partial charge in [0.05, 0.1) is 6.04 Å². The van der Waals surface area contributed by atoms with Crippen LogP contribution in [0, 0.1) is 11.8 Å². The van der Waals surface area contributed by atoms with Crippen LogP contribution in [-0.4, -0.2) is 72.0 Å². The fourth-order valence-corrected chi connectivity index (χ4v) is 3.86. The number of ether oxygens (including phenoxy) is 1. The van der Waals surface area contributed by atoms with E-state index in [4.69, 9.17) is 0 Å². The van der Waals surface area contributed by atoms with Crippen LogP contribution in [0.5, 0.6) is 0 Å². The van der Waals surface area contributed by atoms with Crippen LogP contribution in [0.4, 0.5) is 13.2 Å². The Kier molecular flexibility index (Phi) is 10.0. The van der Waals surface area contributed by atoms with Crippen molar-refractivity contribution in [1.82, 2.24) is 21.3 Å². The second-order valence-corrected chi connectivity index (χ2v) is 9.97. The molecule has 0 spiro atoms. The van der Waals surface area contributed by atoms with Gasteiger partial charge in [0.2, 0.25) is 5.91 Å². The molecule has 0 bridgehead atoms. The van der Waals surface area contributed by atoms with Gasteiger partial charge in [0.25, 0.3) is 0 Å². The van der Waals surface area contributed by atoms with Gasteiger partial charge in [-0.2, -0.15) is 0 Å². The maximum Gasteiger partial charge on any atom is 0.522 e. The van der Waals surface area contributed by atoms with Crippen LogP contribution >= 0.6 is 0 Å². The monoisotopic (exact) mass is 508 g/mol. The van der Waals surface area contributed by atoms with Crippen molar-refractivity contribution in [2.45, 2.75) is 89.5 Å². The highest BCUT2D eigenvalue weighted by molar-refractivity contribution is 6.35. The number of carbonyl (C=O) groups is 4. The molecule has 2 rings (SSSR count). The molecule has 0 aromatic rings. The van der Waals surface area contributed by atoms with Crippen LogP contribution in [0.3, 0.4) is 0 Å². The molecule has 1 aliphatic heterocycles. The zero-order valence-electron chi connectivity index (χ0n) is 20.2. The first-order valence-corrected chi connectivity index (χ1v) is 11.8. The third-order valence-electron chi connectivity index (χ3n) is 6.12. The van der Waals surface area contributed by atoms with Gasteiger partial charge in [-0.15, -0.1) is 13.2 Å². The van der Waals surface area contributed by atoms with Crippen molar-refractivity contribution in [3.8, 4) is 0 Å². The number of hydrogen-bond donors (Lipinski definition) is 5. The predicted octanol–water partition coefficient (Wildman–Crippen LogP) is 0.484. The number of hydrogen-bond acceptors (Lipinski definition) is 7. The number of halogens is 3. The number of aliphatic hydroxyl groups excluding tert-OH is 1. The topological polar surface area (TPSA) is 146 Å². The Morgan fingerprint density at radius 1 is 1.11 bits per heavy atom. The van der Waals surface area contributed by atoms with Crippen molar-refractivity contribution in [3.05, 3.63) is 0 Å². The number of piperidine rings is 1. The third-order valence-corrected chi connectivity index (χ3v) is 6.12. The normalized spacial score (nSPS) is 23.2. The number of nitrogens with one attached hydrogen (secondary N) is 4. The number of aliphatic hydroxyl groups is 1. The molecule has 3 amide bonds. The summed E-state index contributed by atoms with van der Waals surface area (Å²) in [5.41, 5.74) is -0.449. The highest BCUT2D eigenvalue weighted by atomic mass is 19.4. The van der Waals surface area contributed by atoms with Crippen LogP contribution in [-0.2, 0) is 23.9 Å². The Labute approximate surface area is 202 Å². The Hall–Kier alpha value is -2.25. The Balaban J connectivity index is 2.10. The zero-order chi connectivity index (χ0) is 26.4. The molecule has 0 aromatic carbocycles. The van der Waals surface area contributed by atoms with E-state index in [1.807, 2.05) is 0 Å². The van der Waals surface area contributed by atoms with E-state index in [0.717, 1.165) is 12.8 Å². The molecule has 5 N–H and O–H groups in total. The van der Waals surface area contributed by atoms with Crippen LogP contribution in [0.1, 0.15) is 59.3 Å². The highest BCUT2D eigenvalue weighted by Gasteiger charge is 2.41. The fraction of sp³-hybridized carbons (Fsp3) is 0.818. The van der Waals surface area contributed by atoms with Crippen LogP contribution in [0.2, 0.25) is 0 Å². The average Bonchev–Trinajstić information content (AvgIpc) is 3.47. The Morgan fingerprint density at radius 2 is 1.77 bits per heavy atom. The summed E-state index contributed by atoms with van der Waals surface area (Å²) in [7, 11) is 0. The standard InChI is InChI=1S/C22H35F3N4O6/c1-12(2)9-15(28-19(33)20(34)29-21(3)6-7-21)18(32)27-14(16(30)11-35-22(23,24)25)10-13-5-4-8-26-17(13)31/h12-15,17,26,31H,4-11H2,1-3H3,(H,27,32)(H,28,33)(H,29,34)/t13-,14-,15-,17?/m0/s1. The van der Waals surface area contributed by atoms with E-state index in [1.165, 1.54) is 0 Å². The van der Waals surface area contributed by atoms with E-state index in [2.05, 4.69) is 26.0 Å². The van der Waals surface area contributed by atoms with E-state index in [9.17, 15) is 37.5 Å². The lowest BCUT2D eigenvalue weighted by Crippen LogP contribution is -2.56. The summed E-state index contributed by atoms with van der Waals surface area (Å²) < 4.78 is 41.1. The molecule has 4 atom stereocenters. The third kappa shape index (κ3) is 10.1. The van der Waals surface area contributed by atoms with E-state index in [-0.39, 0.29) is 18.8 Å². The minimum Gasteiger partial charge on any atom is -0.378 e. The van der Waals surface area contributed by atoms with Crippen LogP contribution < -0.4 is 21.3 Å². The van der Waals surface area contributed by atoms with E-state index >= 15 is 0 Å². The molecule has 13 heteroatoms. The van der Waals surface area contributed by atoms with Crippen LogP contribution in [0.15, 0.2) is 0 Å². The largest absolute Gasteiger partial charge is 0.522 e. The van der Waals surface area contributed by atoms with Gasteiger partial charge in [-0.1, -0.05) is 13.8 Å². The van der Waals surface area contributed by atoms with Gasteiger partial charge in [0.1, 0.15) is 18.9 Å². The molecule has 1 saturated carbocycles. The molecule has 2 aliphatic rings. The maximum absolute atomic E-state index is 13.0. The van der Waals surface area contributed by atoms with Crippen molar-refractivity contribution in [2.24, 2.45) is 11.8 Å². The maximum atomic E-state index is 13.0. The SMILES string of the molecule is CC(C)C[C@H](NC(=O)C(=O)NC1(C)CC1)C(=O)N[C@@H](C[C@@H]1CCCNC1O)C(=O)COC(F)(F)F. The van der Waals surface area contributed by atoms with E-state index < -0.39 is 66.2 Å². The van der Waals surface area contributed by atoms with Gasteiger partial charge in [-0.3, -0.25) is 29.2 Å². The number of carbonyl (C=O) groups excluding carboxylic acids is 4. The first-order valence-electron chi connectivity index (χ1n) is 11.8. The molecular weight excluding hydrogens is 473 g/mol. The number of rotatable bonds is 11. The predicted molar refractivity (Wildman–Crippen MR) is 117 cm³/mol. The molecule has 1 aliphatic carbocycles. The number of amides is 3. The van der Waals surface area contributed by atoms with Crippen molar-refractivity contribution in [3.63, 3.8) is 0 Å². The second-order valence-electron chi connectivity index (χ2n) is 9.97. The van der Waals surface area contributed by atoms with Crippen molar-refractivity contribution >= 4 is 23.5 Å². The van der Waals surface area contributed by atoms with Crippen molar-refractivity contribution in [1.29, 1.82) is 0 Å². The van der Waals surface area contributed by atoms with Crippen molar-refractivity contribution in [2.75, 3.05) is 13.2 Å². The van der Waals surface area contributed by atoms with Gasteiger partial charge in [-0.25, -0.2) is 0 Å². The second kappa shape index (κ2) is 12.1. The summed E-state index contributed by atoms with van der Waals surface area (Å²) in [6.07, 6.45) is -3.39. The first-order chi connectivity index (χ1) is 16.2.